The second-order valence-electron chi connectivity index (χ2n) is 6.11. The molecule has 0 N–H and O–H groups in total. The van der Waals surface area contributed by atoms with Gasteiger partial charge in [-0.1, -0.05) is 91.0 Å². The molecule has 0 bridgehead atoms. The van der Waals surface area contributed by atoms with Crippen LogP contribution in [0, 0.1) is 0 Å². The van der Waals surface area contributed by atoms with Gasteiger partial charge in [0, 0.05) is 12.1 Å². The average Bonchev–Trinajstić information content (AvgIpc) is 3.13. The van der Waals surface area contributed by atoms with Crippen LogP contribution in [0.3, 0.4) is 0 Å². The Morgan fingerprint density at radius 3 is 1.84 bits per heavy atom. The van der Waals surface area contributed by atoms with Crippen molar-refractivity contribution in [3.8, 4) is 22.5 Å². The van der Waals surface area contributed by atoms with Crippen molar-refractivity contribution in [1.29, 1.82) is 0 Å². The molecule has 0 saturated heterocycles. The smallest absolute Gasteiger partial charge is 0.0929 e. The van der Waals surface area contributed by atoms with Gasteiger partial charge in [0.1, 0.15) is 0 Å². The zero-order valence-corrected chi connectivity index (χ0v) is 14.0. The van der Waals surface area contributed by atoms with Crippen LogP contribution in [-0.4, -0.2) is 9.78 Å². The summed E-state index contributed by atoms with van der Waals surface area (Å²) in [7, 11) is 0. The summed E-state index contributed by atoms with van der Waals surface area (Å²) in [6.07, 6.45) is 0.969. The first-order valence-corrected chi connectivity index (χ1v) is 8.63. The molecule has 4 rings (SSSR count). The van der Waals surface area contributed by atoms with Crippen LogP contribution in [0.2, 0.25) is 0 Å². The summed E-state index contributed by atoms with van der Waals surface area (Å²) in [5, 5.41) is 4.89. The lowest BCUT2D eigenvalue weighted by Gasteiger charge is -2.07. The number of benzene rings is 3. The molecule has 0 amide bonds. The molecule has 0 fully saturated rings. The summed E-state index contributed by atoms with van der Waals surface area (Å²) >= 11 is 0. The van der Waals surface area contributed by atoms with Crippen LogP contribution >= 0.6 is 0 Å². The van der Waals surface area contributed by atoms with E-state index in [9.17, 15) is 0 Å². The standard InChI is InChI=1S/C23H20N2/c1-4-10-19(11-5-1)16-17-25-23(21-14-8-3-9-15-21)18-22(24-25)20-12-6-2-7-13-20/h1-15,18H,16-17H2. The van der Waals surface area contributed by atoms with Crippen molar-refractivity contribution in [3.63, 3.8) is 0 Å². The van der Waals surface area contributed by atoms with E-state index in [2.05, 4.69) is 89.6 Å². The molecule has 0 aliphatic rings. The highest BCUT2D eigenvalue weighted by molar-refractivity contribution is 5.68. The van der Waals surface area contributed by atoms with Gasteiger partial charge < -0.3 is 0 Å². The lowest BCUT2D eigenvalue weighted by atomic mass is 10.1. The summed E-state index contributed by atoms with van der Waals surface area (Å²) in [5.74, 6) is 0. The molecule has 0 radical (unpaired) electrons. The van der Waals surface area contributed by atoms with E-state index in [1.54, 1.807) is 0 Å². The van der Waals surface area contributed by atoms with E-state index in [0.29, 0.717) is 0 Å². The third-order valence-electron chi connectivity index (χ3n) is 4.37. The SMILES string of the molecule is c1ccc(CCn2nc(-c3ccccc3)cc2-c2ccccc2)cc1. The molecule has 0 saturated carbocycles. The Morgan fingerprint density at radius 2 is 1.20 bits per heavy atom. The summed E-state index contributed by atoms with van der Waals surface area (Å²) in [4.78, 5) is 0. The number of hydrogen-bond acceptors (Lipinski definition) is 1. The van der Waals surface area contributed by atoms with Crippen molar-refractivity contribution in [3.05, 3.63) is 103 Å². The molecule has 1 heterocycles. The van der Waals surface area contributed by atoms with Crippen molar-refractivity contribution in [2.75, 3.05) is 0 Å². The van der Waals surface area contributed by atoms with Crippen molar-refractivity contribution in [2.45, 2.75) is 13.0 Å². The fraction of sp³-hybridized carbons (Fsp3) is 0.0870. The Hall–Kier alpha value is -3.13. The first kappa shape index (κ1) is 15.4. The zero-order chi connectivity index (χ0) is 16.9. The number of aromatic nitrogens is 2. The minimum Gasteiger partial charge on any atom is -0.264 e. The van der Waals surface area contributed by atoms with Crippen LogP contribution in [0.5, 0.6) is 0 Å². The topological polar surface area (TPSA) is 17.8 Å². The largest absolute Gasteiger partial charge is 0.264 e. The fourth-order valence-electron chi connectivity index (χ4n) is 3.06. The normalized spacial score (nSPS) is 10.7. The predicted molar refractivity (Wildman–Crippen MR) is 103 cm³/mol. The first-order chi connectivity index (χ1) is 12.4. The summed E-state index contributed by atoms with van der Waals surface area (Å²) < 4.78 is 2.13. The maximum absolute atomic E-state index is 4.89. The van der Waals surface area contributed by atoms with E-state index in [-0.39, 0.29) is 0 Å². The number of nitrogens with zero attached hydrogens (tertiary/aromatic N) is 2. The quantitative estimate of drug-likeness (QED) is 0.476. The Labute approximate surface area is 148 Å². The zero-order valence-electron chi connectivity index (χ0n) is 14.0. The lowest BCUT2D eigenvalue weighted by Crippen LogP contribution is -2.05. The van der Waals surface area contributed by atoms with Crippen molar-refractivity contribution in [1.82, 2.24) is 9.78 Å². The molecule has 122 valence electrons. The molecule has 3 aromatic carbocycles. The number of hydrogen-bond donors (Lipinski definition) is 0. The molecule has 0 spiro atoms. The van der Waals surface area contributed by atoms with E-state index in [0.717, 1.165) is 29.9 Å². The molecular weight excluding hydrogens is 304 g/mol. The Kier molecular flexibility index (Phi) is 4.42. The monoisotopic (exact) mass is 324 g/mol. The molecular formula is C23H20N2. The molecule has 0 aliphatic carbocycles. The van der Waals surface area contributed by atoms with Crippen molar-refractivity contribution in [2.24, 2.45) is 0 Å². The van der Waals surface area contributed by atoms with Crippen LogP contribution in [0.25, 0.3) is 22.5 Å². The van der Waals surface area contributed by atoms with Crippen LogP contribution < -0.4 is 0 Å². The van der Waals surface area contributed by atoms with Crippen LogP contribution in [0.15, 0.2) is 97.1 Å². The average molecular weight is 324 g/mol. The van der Waals surface area contributed by atoms with Crippen molar-refractivity contribution >= 4 is 0 Å². The van der Waals surface area contributed by atoms with E-state index >= 15 is 0 Å². The van der Waals surface area contributed by atoms with Gasteiger partial charge in [-0.05, 0) is 23.6 Å². The van der Waals surface area contributed by atoms with Gasteiger partial charge in [0.15, 0.2) is 0 Å². The van der Waals surface area contributed by atoms with Crippen LogP contribution in [0.4, 0.5) is 0 Å². The lowest BCUT2D eigenvalue weighted by molar-refractivity contribution is 0.623. The summed E-state index contributed by atoms with van der Waals surface area (Å²) in [5.41, 5.74) is 5.87. The van der Waals surface area contributed by atoms with E-state index < -0.39 is 0 Å². The van der Waals surface area contributed by atoms with Crippen LogP contribution in [0.1, 0.15) is 5.56 Å². The van der Waals surface area contributed by atoms with Gasteiger partial charge in [-0.3, -0.25) is 4.68 Å². The highest BCUT2D eigenvalue weighted by atomic mass is 15.3. The third kappa shape index (κ3) is 3.53. The van der Waals surface area contributed by atoms with E-state index in [4.69, 9.17) is 5.10 Å². The molecule has 2 heteroatoms. The molecule has 4 aromatic rings. The summed E-state index contributed by atoms with van der Waals surface area (Å²) in [6.45, 7) is 0.862. The highest BCUT2D eigenvalue weighted by Crippen LogP contribution is 2.26. The Balaban J connectivity index is 1.69. The Bertz CT molecular complexity index is 926. The maximum atomic E-state index is 4.89. The summed E-state index contributed by atoms with van der Waals surface area (Å²) in [6, 6.07) is 33.6. The van der Waals surface area contributed by atoms with Gasteiger partial charge in [-0.25, -0.2) is 0 Å². The van der Waals surface area contributed by atoms with Gasteiger partial charge in [0.05, 0.1) is 11.4 Å². The fourth-order valence-corrected chi connectivity index (χ4v) is 3.06. The van der Waals surface area contributed by atoms with E-state index in [1.165, 1.54) is 11.1 Å². The molecule has 0 unspecified atom stereocenters. The third-order valence-corrected chi connectivity index (χ3v) is 4.37. The molecule has 25 heavy (non-hydrogen) atoms. The number of rotatable bonds is 5. The second kappa shape index (κ2) is 7.18. The molecule has 0 atom stereocenters. The van der Waals surface area contributed by atoms with Gasteiger partial charge in [-0.15, -0.1) is 0 Å². The number of aryl methyl sites for hydroxylation is 2. The molecule has 2 nitrogen and oxygen atoms in total. The molecule has 1 aromatic heterocycles. The van der Waals surface area contributed by atoms with Gasteiger partial charge in [0.2, 0.25) is 0 Å². The highest BCUT2D eigenvalue weighted by Gasteiger charge is 2.11. The second-order valence-corrected chi connectivity index (χ2v) is 6.11. The minimum absolute atomic E-state index is 0.862. The van der Waals surface area contributed by atoms with Gasteiger partial charge >= 0.3 is 0 Å². The first-order valence-electron chi connectivity index (χ1n) is 8.63. The minimum atomic E-state index is 0.862. The molecule has 0 aliphatic heterocycles. The van der Waals surface area contributed by atoms with Gasteiger partial charge in [0.25, 0.3) is 0 Å². The van der Waals surface area contributed by atoms with E-state index in [1.807, 2.05) is 12.1 Å². The van der Waals surface area contributed by atoms with Crippen molar-refractivity contribution < 1.29 is 0 Å². The maximum Gasteiger partial charge on any atom is 0.0929 e. The van der Waals surface area contributed by atoms with Gasteiger partial charge in [-0.2, -0.15) is 5.10 Å². The predicted octanol–water partition coefficient (Wildman–Crippen LogP) is 5.46. The Morgan fingerprint density at radius 1 is 0.640 bits per heavy atom. The van der Waals surface area contributed by atoms with Crippen LogP contribution in [-0.2, 0) is 13.0 Å².